The van der Waals surface area contributed by atoms with Crippen LogP contribution in [0.1, 0.15) is 36.7 Å². The number of rotatable bonds is 7. The van der Waals surface area contributed by atoms with E-state index >= 15 is 0 Å². The molecule has 2 unspecified atom stereocenters. The monoisotopic (exact) mass is 392 g/mol. The summed E-state index contributed by atoms with van der Waals surface area (Å²) in [5.74, 6) is -0.595. The normalized spacial score (nSPS) is 14.0. The molecule has 124 valence electrons. The first-order valence-electron chi connectivity index (χ1n) is 7.13. The van der Waals surface area contributed by atoms with E-state index in [1.807, 2.05) is 0 Å². The molecule has 0 aromatic heterocycles. The van der Waals surface area contributed by atoms with Crippen LogP contribution in [0.3, 0.4) is 0 Å². The Labute approximate surface area is 144 Å². The number of aliphatic hydroxyl groups excluding tert-OH is 1. The van der Waals surface area contributed by atoms with E-state index in [0.717, 1.165) is 18.7 Å². The molecule has 0 fully saturated rings. The molecule has 5 nitrogen and oxygen atoms in total. The predicted octanol–water partition coefficient (Wildman–Crippen LogP) is 2.98. The van der Waals surface area contributed by atoms with Gasteiger partial charge in [-0.3, -0.25) is 4.90 Å². The summed E-state index contributed by atoms with van der Waals surface area (Å²) >= 11 is 9.12. The van der Waals surface area contributed by atoms with Crippen LogP contribution in [0.4, 0.5) is 5.69 Å². The second-order valence-electron chi connectivity index (χ2n) is 4.99. The van der Waals surface area contributed by atoms with Crippen molar-refractivity contribution < 1.29 is 14.6 Å². The lowest BCUT2D eigenvalue weighted by molar-refractivity contribution is 0.0167. The van der Waals surface area contributed by atoms with Crippen LogP contribution in [-0.4, -0.2) is 40.7 Å². The molecule has 0 aliphatic heterocycles. The van der Waals surface area contributed by atoms with Crippen molar-refractivity contribution in [2.24, 2.45) is 0 Å². The maximum Gasteiger partial charge on any atom is 0.339 e. The number of esters is 1. The molecule has 0 radical (unpaired) electrons. The summed E-state index contributed by atoms with van der Waals surface area (Å²) in [4.78, 5) is 14.3. The molecule has 0 spiro atoms. The number of carbonyl (C=O) groups excluding carboxylic acids is 1. The highest BCUT2D eigenvalue weighted by Crippen LogP contribution is 2.27. The Morgan fingerprint density at radius 2 is 2.05 bits per heavy atom. The third kappa shape index (κ3) is 5.12. The SMILES string of the molecule is CCN(CC)Cc1cc(C(=O)OC(Cl)C(C)O)cc(Br)c1N. The molecule has 7 heteroatoms. The number of aliphatic hydroxyl groups is 1. The Morgan fingerprint density at radius 3 is 2.55 bits per heavy atom. The number of halogens is 2. The number of hydrogen-bond acceptors (Lipinski definition) is 5. The maximum absolute atomic E-state index is 12.1. The Morgan fingerprint density at radius 1 is 1.45 bits per heavy atom. The molecule has 1 rings (SSSR count). The van der Waals surface area contributed by atoms with Gasteiger partial charge in [-0.05, 0) is 53.6 Å². The van der Waals surface area contributed by atoms with Gasteiger partial charge in [-0.2, -0.15) is 0 Å². The molecule has 3 N–H and O–H groups in total. The van der Waals surface area contributed by atoms with Crippen LogP contribution in [0, 0.1) is 0 Å². The Hall–Kier alpha value is -0.820. The number of nitrogens with zero attached hydrogens (tertiary/aromatic N) is 1. The molecule has 1 aromatic carbocycles. The second-order valence-corrected chi connectivity index (χ2v) is 6.27. The molecular weight excluding hydrogens is 372 g/mol. The van der Waals surface area contributed by atoms with E-state index in [2.05, 4.69) is 34.7 Å². The van der Waals surface area contributed by atoms with Gasteiger partial charge in [0.05, 0.1) is 11.3 Å². The Kier molecular flexibility index (Phi) is 7.62. The average molecular weight is 394 g/mol. The standard InChI is InChI=1S/C15H22BrClN2O3/c1-4-19(5-2)8-11-6-10(7-12(16)13(11)18)15(21)22-14(17)9(3)20/h6-7,9,14,20H,4-5,8,18H2,1-3H3. The number of nitrogens with two attached hydrogens (primary N) is 1. The number of carbonyl (C=O) groups is 1. The highest BCUT2D eigenvalue weighted by Gasteiger charge is 2.20. The third-order valence-corrected chi connectivity index (χ3v) is 4.45. The van der Waals surface area contributed by atoms with Crippen LogP contribution >= 0.6 is 27.5 Å². The zero-order chi connectivity index (χ0) is 16.9. The van der Waals surface area contributed by atoms with Gasteiger partial charge in [-0.15, -0.1) is 0 Å². The van der Waals surface area contributed by atoms with Crippen LogP contribution in [0.5, 0.6) is 0 Å². The zero-order valence-electron chi connectivity index (χ0n) is 13.0. The number of anilines is 1. The third-order valence-electron chi connectivity index (χ3n) is 3.34. The molecule has 22 heavy (non-hydrogen) atoms. The van der Waals surface area contributed by atoms with Crippen LogP contribution in [0.2, 0.25) is 0 Å². The summed E-state index contributed by atoms with van der Waals surface area (Å²) in [5, 5.41) is 9.31. The molecule has 2 atom stereocenters. The van der Waals surface area contributed by atoms with Gasteiger partial charge in [0.1, 0.15) is 6.10 Å². The van der Waals surface area contributed by atoms with Crippen molar-refractivity contribution in [1.29, 1.82) is 0 Å². The fraction of sp³-hybridized carbons (Fsp3) is 0.533. The highest BCUT2D eigenvalue weighted by atomic mass is 79.9. The van der Waals surface area contributed by atoms with Crippen molar-refractivity contribution in [3.8, 4) is 0 Å². The first-order chi connectivity index (χ1) is 10.3. The van der Waals surface area contributed by atoms with E-state index in [1.54, 1.807) is 12.1 Å². The number of ether oxygens (including phenoxy) is 1. The molecule has 1 aromatic rings. The minimum absolute atomic E-state index is 0.342. The average Bonchev–Trinajstić information content (AvgIpc) is 2.48. The zero-order valence-corrected chi connectivity index (χ0v) is 15.3. The largest absolute Gasteiger partial charge is 0.440 e. The van der Waals surface area contributed by atoms with Crippen LogP contribution in [0.25, 0.3) is 0 Å². The summed E-state index contributed by atoms with van der Waals surface area (Å²) in [6.45, 7) is 7.98. The minimum atomic E-state index is -1.09. The smallest absolute Gasteiger partial charge is 0.339 e. The van der Waals surface area contributed by atoms with Crippen molar-refractivity contribution in [3.63, 3.8) is 0 Å². The van der Waals surface area contributed by atoms with Gasteiger partial charge in [-0.25, -0.2) is 4.79 Å². The number of benzene rings is 1. The van der Waals surface area contributed by atoms with Crippen LogP contribution in [0.15, 0.2) is 16.6 Å². The van der Waals surface area contributed by atoms with Crippen molar-refractivity contribution in [3.05, 3.63) is 27.7 Å². The van der Waals surface area contributed by atoms with Crippen molar-refractivity contribution in [2.75, 3.05) is 18.8 Å². The Bertz CT molecular complexity index is 522. The molecule has 0 amide bonds. The van der Waals surface area contributed by atoms with E-state index in [4.69, 9.17) is 22.1 Å². The first-order valence-corrected chi connectivity index (χ1v) is 8.36. The van der Waals surface area contributed by atoms with E-state index in [9.17, 15) is 9.90 Å². The van der Waals surface area contributed by atoms with Crippen molar-refractivity contribution in [2.45, 2.75) is 39.0 Å². The first kappa shape index (κ1) is 19.2. The van der Waals surface area contributed by atoms with Gasteiger partial charge in [0.2, 0.25) is 5.56 Å². The summed E-state index contributed by atoms with van der Waals surface area (Å²) in [5.41, 5.74) is 6.76. The molecular formula is C15H22BrClN2O3. The predicted molar refractivity (Wildman–Crippen MR) is 91.9 cm³/mol. The van der Waals surface area contributed by atoms with Gasteiger partial charge in [-0.1, -0.05) is 25.4 Å². The molecule has 0 heterocycles. The molecule has 0 aliphatic rings. The molecule has 0 bridgehead atoms. The van der Waals surface area contributed by atoms with Gasteiger partial charge in [0, 0.05) is 11.0 Å². The number of hydrogen-bond donors (Lipinski definition) is 2. The van der Waals surface area contributed by atoms with Gasteiger partial charge in [0.15, 0.2) is 0 Å². The minimum Gasteiger partial charge on any atom is -0.440 e. The summed E-state index contributed by atoms with van der Waals surface area (Å²) in [6, 6.07) is 3.29. The van der Waals surface area contributed by atoms with Gasteiger partial charge < -0.3 is 15.6 Å². The quantitative estimate of drug-likeness (QED) is 0.423. The second kappa shape index (κ2) is 8.72. The van der Waals surface area contributed by atoms with Gasteiger partial charge in [0.25, 0.3) is 0 Å². The van der Waals surface area contributed by atoms with E-state index in [0.29, 0.717) is 22.3 Å². The van der Waals surface area contributed by atoms with Crippen molar-refractivity contribution >= 4 is 39.2 Å². The van der Waals surface area contributed by atoms with Crippen LogP contribution in [-0.2, 0) is 11.3 Å². The van der Waals surface area contributed by atoms with Crippen molar-refractivity contribution in [1.82, 2.24) is 4.90 Å². The number of nitrogen functional groups attached to an aromatic ring is 1. The van der Waals surface area contributed by atoms with E-state index in [1.165, 1.54) is 6.92 Å². The molecule has 0 saturated heterocycles. The lowest BCUT2D eigenvalue weighted by Gasteiger charge is -2.20. The molecule has 0 aliphatic carbocycles. The Balaban J connectivity index is 3.02. The molecule has 0 saturated carbocycles. The fourth-order valence-electron chi connectivity index (χ4n) is 1.88. The van der Waals surface area contributed by atoms with E-state index < -0.39 is 17.6 Å². The maximum atomic E-state index is 12.1. The highest BCUT2D eigenvalue weighted by molar-refractivity contribution is 9.10. The topological polar surface area (TPSA) is 75.8 Å². The lowest BCUT2D eigenvalue weighted by atomic mass is 10.1. The van der Waals surface area contributed by atoms with Gasteiger partial charge >= 0.3 is 5.97 Å². The van der Waals surface area contributed by atoms with E-state index in [-0.39, 0.29) is 0 Å². The fourth-order valence-corrected chi connectivity index (χ4v) is 2.46. The number of alkyl halides is 1. The summed E-state index contributed by atoms with van der Waals surface area (Å²) in [6.07, 6.45) is -0.946. The lowest BCUT2D eigenvalue weighted by Crippen LogP contribution is -2.25. The van der Waals surface area contributed by atoms with Crippen LogP contribution < -0.4 is 5.73 Å². The summed E-state index contributed by atoms with van der Waals surface area (Å²) in [7, 11) is 0. The summed E-state index contributed by atoms with van der Waals surface area (Å²) < 4.78 is 5.64.